The maximum absolute atomic E-state index is 13.4. The minimum atomic E-state index is -4.38. The Morgan fingerprint density at radius 2 is 1.82 bits per heavy atom. The molecular weight excluding hydrogens is 363 g/mol. The molecule has 6 heteroatoms. The van der Waals surface area contributed by atoms with Crippen molar-refractivity contribution in [2.24, 2.45) is 0 Å². The number of allylic oxidation sites excluding steroid dienone is 3. The van der Waals surface area contributed by atoms with Gasteiger partial charge in [-0.15, -0.1) is 0 Å². The van der Waals surface area contributed by atoms with E-state index in [0.29, 0.717) is 29.8 Å². The second-order valence-electron chi connectivity index (χ2n) is 6.59. The van der Waals surface area contributed by atoms with Crippen LogP contribution in [-0.2, 0) is 6.54 Å². The van der Waals surface area contributed by atoms with E-state index in [2.05, 4.69) is 15.6 Å². The Morgan fingerprint density at radius 1 is 1.14 bits per heavy atom. The first-order chi connectivity index (χ1) is 13.3. The van der Waals surface area contributed by atoms with Crippen molar-refractivity contribution in [1.82, 2.24) is 10.3 Å². The number of nitrogens with one attached hydrogen (secondary N) is 2. The van der Waals surface area contributed by atoms with Crippen LogP contribution in [0, 0.1) is 6.92 Å². The molecular formula is C22H26F3N3. The number of pyridine rings is 1. The van der Waals surface area contributed by atoms with Crippen LogP contribution >= 0.6 is 0 Å². The lowest BCUT2D eigenvalue weighted by Gasteiger charge is -2.15. The number of alkyl halides is 3. The predicted molar refractivity (Wildman–Crippen MR) is 109 cm³/mol. The molecule has 0 saturated heterocycles. The molecule has 1 aromatic heterocycles. The van der Waals surface area contributed by atoms with Crippen LogP contribution in [0.1, 0.15) is 37.0 Å². The maximum atomic E-state index is 13.4. The number of anilines is 1. The van der Waals surface area contributed by atoms with Gasteiger partial charge in [0, 0.05) is 37.4 Å². The van der Waals surface area contributed by atoms with Crippen LogP contribution in [0.5, 0.6) is 0 Å². The van der Waals surface area contributed by atoms with Crippen LogP contribution in [-0.4, -0.2) is 18.2 Å². The Balaban J connectivity index is 2.21. The molecule has 2 aromatic rings. The monoisotopic (exact) mass is 389 g/mol. The first kappa shape index (κ1) is 21.5. The lowest BCUT2D eigenvalue weighted by Crippen LogP contribution is -2.15. The molecule has 0 aliphatic rings. The number of hydrogen-bond donors (Lipinski definition) is 2. The Kier molecular flexibility index (Phi) is 7.26. The van der Waals surface area contributed by atoms with Crippen molar-refractivity contribution in [3.63, 3.8) is 0 Å². The smallest absolute Gasteiger partial charge is 0.388 e. The van der Waals surface area contributed by atoms with Crippen LogP contribution in [0.4, 0.5) is 18.9 Å². The summed E-state index contributed by atoms with van der Waals surface area (Å²) in [5.74, 6) is 0. The van der Waals surface area contributed by atoms with Gasteiger partial charge in [0.25, 0.3) is 0 Å². The highest BCUT2D eigenvalue weighted by molar-refractivity contribution is 5.68. The number of aryl methyl sites for hydroxylation is 1. The molecule has 0 saturated carbocycles. The van der Waals surface area contributed by atoms with Crippen molar-refractivity contribution in [3.8, 4) is 0 Å². The third kappa shape index (κ3) is 5.62. The number of benzene rings is 1. The van der Waals surface area contributed by atoms with Gasteiger partial charge in [-0.2, -0.15) is 13.2 Å². The van der Waals surface area contributed by atoms with Crippen LogP contribution in [0.15, 0.2) is 59.9 Å². The van der Waals surface area contributed by atoms with Crippen LogP contribution in [0.3, 0.4) is 0 Å². The zero-order chi connectivity index (χ0) is 20.7. The number of halogens is 3. The molecule has 2 rings (SSSR count). The Hall–Kier alpha value is -2.76. The molecule has 0 fully saturated rings. The number of aromatic nitrogens is 1. The van der Waals surface area contributed by atoms with Crippen LogP contribution in [0.2, 0.25) is 0 Å². The van der Waals surface area contributed by atoms with Crippen molar-refractivity contribution in [2.45, 2.75) is 39.9 Å². The number of nitrogens with zero attached hydrogens (tertiary/aromatic N) is 1. The molecule has 0 amide bonds. The average molecular weight is 389 g/mol. The van der Waals surface area contributed by atoms with Gasteiger partial charge in [-0.3, -0.25) is 4.98 Å². The number of hydrogen-bond acceptors (Lipinski definition) is 3. The fraction of sp³-hybridized carbons (Fsp3) is 0.318. The molecule has 0 aliphatic heterocycles. The van der Waals surface area contributed by atoms with E-state index in [4.69, 9.17) is 0 Å². The summed E-state index contributed by atoms with van der Waals surface area (Å²) in [6.45, 7) is 5.89. The first-order valence-corrected chi connectivity index (χ1v) is 9.16. The molecule has 150 valence electrons. The fourth-order valence-corrected chi connectivity index (χ4v) is 2.75. The minimum absolute atomic E-state index is 0.311. The molecule has 2 N–H and O–H groups in total. The van der Waals surface area contributed by atoms with E-state index in [9.17, 15) is 13.2 Å². The molecule has 0 radical (unpaired) electrons. The summed E-state index contributed by atoms with van der Waals surface area (Å²) in [6, 6.07) is 9.29. The summed E-state index contributed by atoms with van der Waals surface area (Å²) in [4.78, 5) is 4.07. The molecule has 28 heavy (non-hydrogen) atoms. The minimum Gasteiger partial charge on any atom is -0.388 e. The topological polar surface area (TPSA) is 37.0 Å². The Morgan fingerprint density at radius 3 is 2.36 bits per heavy atom. The zero-order valence-electron chi connectivity index (χ0n) is 16.6. The lowest BCUT2D eigenvalue weighted by atomic mass is 10.0. The third-order valence-corrected chi connectivity index (χ3v) is 4.67. The molecule has 0 aliphatic carbocycles. The van der Waals surface area contributed by atoms with Gasteiger partial charge >= 0.3 is 6.18 Å². The highest BCUT2D eigenvalue weighted by atomic mass is 19.4. The first-order valence-electron chi connectivity index (χ1n) is 9.16. The van der Waals surface area contributed by atoms with Gasteiger partial charge in [0.2, 0.25) is 0 Å². The zero-order valence-corrected chi connectivity index (χ0v) is 16.6. The van der Waals surface area contributed by atoms with Crippen molar-refractivity contribution >= 4 is 11.4 Å². The number of rotatable bonds is 7. The van der Waals surface area contributed by atoms with Gasteiger partial charge in [-0.1, -0.05) is 24.6 Å². The molecule has 0 bridgehead atoms. The lowest BCUT2D eigenvalue weighted by molar-refractivity contribution is -0.0890. The van der Waals surface area contributed by atoms with E-state index in [1.54, 1.807) is 32.3 Å². The highest BCUT2D eigenvalue weighted by Crippen LogP contribution is 2.32. The molecule has 0 atom stereocenters. The SMILES string of the molecule is CCC(C)=C(/C=C(\NC)c1ccc(NCc2ccncc2C)cc1)C(F)(F)F. The second-order valence-corrected chi connectivity index (χ2v) is 6.59. The highest BCUT2D eigenvalue weighted by Gasteiger charge is 2.33. The van der Waals surface area contributed by atoms with E-state index < -0.39 is 11.7 Å². The largest absolute Gasteiger partial charge is 0.416 e. The predicted octanol–water partition coefficient (Wildman–Crippen LogP) is 5.85. The standard InChI is InChI=1S/C22H26F3N3/c1-5-15(2)20(22(23,24)25)12-21(26-4)17-6-8-19(9-7-17)28-14-18-10-11-27-13-16(18)3/h6-13,26,28H,5,14H2,1-4H3/b20-15?,21-12-. The molecule has 0 unspecified atom stereocenters. The van der Waals surface area contributed by atoms with Gasteiger partial charge in [0.1, 0.15) is 0 Å². The van der Waals surface area contributed by atoms with Gasteiger partial charge in [0.15, 0.2) is 0 Å². The van der Waals surface area contributed by atoms with Gasteiger partial charge in [0.05, 0.1) is 5.57 Å². The van der Waals surface area contributed by atoms with Crippen LogP contribution in [0.25, 0.3) is 5.70 Å². The van der Waals surface area contributed by atoms with Gasteiger partial charge in [-0.25, -0.2) is 0 Å². The summed E-state index contributed by atoms with van der Waals surface area (Å²) in [6.07, 6.45) is 0.711. The summed E-state index contributed by atoms with van der Waals surface area (Å²) in [7, 11) is 1.62. The van der Waals surface area contributed by atoms with E-state index >= 15 is 0 Å². The second kappa shape index (κ2) is 9.44. The summed E-state index contributed by atoms with van der Waals surface area (Å²) < 4.78 is 40.2. The van der Waals surface area contributed by atoms with Crippen molar-refractivity contribution in [1.29, 1.82) is 0 Å². The van der Waals surface area contributed by atoms with E-state index in [1.165, 1.54) is 13.0 Å². The van der Waals surface area contributed by atoms with Crippen molar-refractivity contribution in [2.75, 3.05) is 12.4 Å². The Labute approximate surface area is 164 Å². The summed E-state index contributed by atoms with van der Waals surface area (Å²) in [5, 5.41) is 6.21. The van der Waals surface area contributed by atoms with Gasteiger partial charge in [-0.05, 0) is 61.2 Å². The fourth-order valence-electron chi connectivity index (χ4n) is 2.75. The van der Waals surface area contributed by atoms with E-state index in [-0.39, 0.29) is 0 Å². The average Bonchev–Trinajstić information content (AvgIpc) is 2.67. The maximum Gasteiger partial charge on any atom is 0.416 e. The van der Waals surface area contributed by atoms with Crippen molar-refractivity contribution < 1.29 is 13.2 Å². The summed E-state index contributed by atoms with van der Waals surface area (Å²) in [5.41, 5.74) is 3.97. The van der Waals surface area contributed by atoms with E-state index in [0.717, 1.165) is 16.8 Å². The van der Waals surface area contributed by atoms with E-state index in [1.807, 2.05) is 31.3 Å². The normalized spacial score (nSPS) is 13.2. The molecule has 0 spiro atoms. The third-order valence-electron chi connectivity index (χ3n) is 4.67. The molecule has 1 heterocycles. The molecule has 1 aromatic carbocycles. The van der Waals surface area contributed by atoms with Crippen LogP contribution < -0.4 is 10.6 Å². The summed E-state index contributed by atoms with van der Waals surface area (Å²) >= 11 is 0. The quantitative estimate of drug-likeness (QED) is 0.583. The van der Waals surface area contributed by atoms with Crippen molar-refractivity contribution in [3.05, 3.63) is 76.6 Å². The van der Waals surface area contributed by atoms with Gasteiger partial charge < -0.3 is 10.6 Å². The molecule has 3 nitrogen and oxygen atoms in total. The Bertz CT molecular complexity index is 850.